The third kappa shape index (κ3) is 4.57. The van der Waals surface area contributed by atoms with Gasteiger partial charge in [0.05, 0.1) is 5.56 Å². The van der Waals surface area contributed by atoms with Crippen LogP contribution >= 0.6 is 0 Å². The molecule has 1 aliphatic rings. The molecule has 1 aliphatic heterocycles. The van der Waals surface area contributed by atoms with E-state index in [4.69, 9.17) is 5.73 Å². The second-order valence-corrected chi connectivity index (χ2v) is 6.71. The molecule has 1 saturated heterocycles. The number of anilines is 1. The highest BCUT2D eigenvalue weighted by Gasteiger charge is 2.25. The van der Waals surface area contributed by atoms with Gasteiger partial charge in [0.1, 0.15) is 5.82 Å². The summed E-state index contributed by atoms with van der Waals surface area (Å²) in [5.41, 5.74) is 7.57. The van der Waals surface area contributed by atoms with Gasteiger partial charge in [0.25, 0.3) is 5.91 Å². The van der Waals surface area contributed by atoms with Gasteiger partial charge < -0.3 is 15.5 Å². The number of nitrogens with two attached hydrogens (primary N) is 1. The van der Waals surface area contributed by atoms with E-state index in [0.29, 0.717) is 17.4 Å². The Hall–Kier alpha value is -2.40. The van der Waals surface area contributed by atoms with Crippen LogP contribution in [0.5, 0.6) is 0 Å². The maximum Gasteiger partial charge on any atom is 0.255 e. The quantitative estimate of drug-likeness (QED) is 0.909. The third-order valence-corrected chi connectivity index (χ3v) is 5.00. The molecule has 5 heteroatoms. The van der Waals surface area contributed by atoms with Gasteiger partial charge in [-0.3, -0.25) is 4.79 Å². The fourth-order valence-electron chi connectivity index (χ4n) is 3.36. The third-order valence-electron chi connectivity index (χ3n) is 5.00. The van der Waals surface area contributed by atoms with E-state index in [-0.39, 0.29) is 5.91 Å². The van der Waals surface area contributed by atoms with Crippen LogP contribution in [-0.4, -0.2) is 53.4 Å². The predicted octanol–water partition coefficient (Wildman–Crippen LogP) is 2.44. The summed E-state index contributed by atoms with van der Waals surface area (Å²) in [6.45, 7) is 2.64. The Labute approximate surface area is 149 Å². The van der Waals surface area contributed by atoms with Gasteiger partial charge in [-0.05, 0) is 44.0 Å². The maximum atomic E-state index is 12.5. The number of nitrogens with zero attached hydrogens (tertiary/aromatic N) is 3. The number of nitrogen functional groups attached to an aromatic ring is 1. The molecule has 2 aromatic rings. The van der Waals surface area contributed by atoms with E-state index in [2.05, 4.69) is 47.3 Å². The summed E-state index contributed by atoms with van der Waals surface area (Å²) in [6.07, 6.45) is 4.65. The fourth-order valence-corrected chi connectivity index (χ4v) is 3.36. The van der Waals surface area contributed by atoms with Gasteiger partial charge in [0.15, 0.2) is 0 Å². The number of piperidine rings is 1. The molecule has 25 heavy (non-hydrogen) atoms. The van der Waals surface area contributed by atoms with Crippen LogP contribution in [0, 0.1) is 0 Å². The monoisotopic (exact) mass is 338 g/mol. The molecule has 0 saturated carbocycles. The number of rotatable bonds is 5. The van der Waals surface area contributed by atoms with E-state index in [1.807, 2.05) is 4.90 Å². The lowest BCUT2D eigenvalue weighted by Gasteiger charge is -2.36. The number of likely N-dealkylation sites (N-methyl/N-ethyl adjacent to an activating group) is 1. The van der Waals surface area contributed by atoms with Gasteiger partial charge in [0.2, 0.25) is 0 Å². The minimum atomic E-state index is 0.0536. The minimum Gasteiger partial charge on any atom is -0.384 e. The molecule has 1 aromatic heterocycles. The molecule has 1 aromatic carbocycles. The van der Waals surface area contributed by atoms with Gasteiger partial charge in [-0.2, -0.15) is 0 Å². The molecule has 0 atom stereocenters. The molecular formula is C20H26N4O. The fraction of sp³-hybridized carbons (Fsp3) is 0.400. The van der Waals surface area contributed by atoms with Crippen LogP contribution in [0.1, 0.15) is 28.8 Å². The van der Waals surface area contributed by atoms with Gasteiger partial charge in [-0.25, -0.2) is 4.98 Å². The van der Waals surface area contributed by atoms with Crippen molar-refractivity contribution in [2.45, 2.75) is 25.3 Å². The van der Waals surface area contributed by atoms with Crippen molar-refractivity contribution in [2.75, 3.05) is 32.4 Å². The predicted molar refractivity (Wildman–Crippen MR) is 100 cm³/mol. The summed E-state index contributed by atoms with van der Waals surface area (Å²) < 4.78 is 0. The summed E-state index contributed by atoms with van der Waals surface area (Å²) in [6, 6.07) is 14.6. The van der Waals surface area contributed by atoms with Crippen molar-refractivity contribution in [3.63, 3.8) is 0 Å². The number of pyridine rings is 1. The van der Waals surface area contributed by atoms with E-state index < -0.39 is 0 Å². The highest BCUT2D eigenvalue weighted by Crippen LogP contribution is 2.18. The highest BCUT2D eigenvalue weighted by atomic mass is 16.2. The Morgan fingerprint density at radius 2 is 1.92 bits per heavy atom. The highest BCUT2D eigenvalue weighted by molar-refractivity contribution is 5.94. The molecule has 132 valence electrons. The molecule has 2 N–H and O–H groups in total. The number of aromatic nitrogens is 1. The average Bonchev–Trinajstić information content (AvgIpc) is 2.67. The number of likely N-dealkylation sites (tertiary alicyclic amines) is 1. The van der Waals surface area contributed by atoms with Crippen LogP contribution in [0.2, 0.25) is 0 Å². The molecule has 0 bridgehead atoms. The second kappa shape index (κ2) is 8.12. The first-order chi connectivity index (χ1) is 12.1. The zero-order chi connectivity index (χ0) is 17.6. The molecule has 1 fully saturated rings. The smallest absolute Gasteiger partial charge is 0.255 e. The normalized spacial score (nSPS) is 15.5. The molecule has 2 heterocycles. The van der Waals surface area contributed by atoms with Crippen LogP contribution in [-0.2, 0) is 6.42 Å². The van der Waals surface area contributed by atoms with E-state index in [1.165, 1.54) is 5.56 Å². The average molecular weight is 338 g/mol. The lowest BCUT2D eigenvalue weighted by molar-refractivity contribution is 0.0646. The summed E-state index contributed by atoms with van der Waals surface area (Å²) >= 11 is 0. The van der Waals surface area contributed by atoms with E-state index in [1.54, 1.807) is 18.3 Å². The number of hydrogen-bond donors (Lipinski definition) is 1. The van der Waals surface area contributed by atoms with E-state index >= 15 is 0 Å². The Morgan fingerprint density at radius 3 is 2.56 bits per heavy atom. The molecule has 1 amide bonds. The van der Waals surface area contributed by atoms with Crippen LogP contribution in [0.3, 0.4) is 0 Å². The number of carbonyl (C=O) groups excluding carboxylic acids is 1. The maximum absolute atomic E-state index is 12.5. The zero-order valence-electron chi connectivity index (χ0n) is 14.8. The molecule has 3 rings (SSSR count). The molecule has 0 unspecified atom stereocenters. The standard InChI is InChI=1S/C20H26N4O/c1-23(12-9-16-5-3-2-4-6-16)18-10-13-24(14-11-18)20(25)17-7-8-19(21)22-15-17/h2-8,15,18H,9-14H2,1H3,(H2,21,22). The lowest BCUT2D eigenvalue weighted by Crippen LogP contribution is -2.46. The summed E-state index contributed by atoms with van der Waals surface area (Å²) in [4.78, 5) is 20.9. The van der Waals surface area contributed by atoms with E-state index in [0.717, 1.165) is 38.9 Å². The first kappa shape index (κ1) is 17.4. The van der Waals surface area contributed by atoms with Crippen molar-refractivity contribution in [3.8, 4) is 0 Å². The summed E-state index contributed by atoms with van der Waals surface area (Å²) in [7, 11) is 2.19. The van der Waals surface area contributed by atoms with Crippen LogP contribution < -0.4 is 5.73 Å². The van der Waals surface area contributed by atoms with Crippen molar-refractivity contribution < 1.29 is 4.79 Å². The lowest BCUT2D eigenvalue weighted by atomic mass is 10.0. The number of hydrogen-bond acceptors (Lipinski definition) is 4. The van der Waals surface area contributed by atoms with Crippen molar-refractivity contribution in [3.05, 3.63) is 59.8 Å². The second-order valence-electron chi connectivity index (χ2n) is 6.71. The topological polar surface area (TPSA) is 62.5 Å². The number of benzene rings is 1. The summed E-state index contributed by atoms with van der Waals surface area (Å²) in [5.74, 6) is 0.494. The largest absolute Gasteiger partial charge is 0.384 e. The Morgan fingerprint density at radius 1 is 1.20 bits per heavy atom. The molecule has 0 aliphatic carbocycles. The summed E-state index contributed by atoms with van der Waals surface area (Å²) in [5, 5.41) is 0. The van der Waals surface area contributed by atoms with E-state index in [9.17, 15) is 4.79 Å². The van der Waals surface area contributed by atoms with Crippen molar-refractivity contribution in [2.24, 2.45) is 0 Å². The number of amides is 1. The Bertz CT molecular complexity index is 679. The molecule has 0 spiro atoms. The van der Waals surface area contributed by atoms with Crippen molar-refractivity contribution in [1.82, 2.24) is 14.8 Å². The molecule has 5 nitrogen and oxygen atoms in total. The van der Waals surface area contributed by atoms with Crippen molar-refractivity contribution in [1.29, 1.82) is 0 Å². The number of carbonyl (C=O) groups is 1. The van der Waals surface area contributed by atoms with Crippen LogP contribution in [0.15, 0.2) is 48.7 Å². The van der Waals surface area contributed by atoms with Gasteiger partial charge in [-0.1, -0.05) is 30.3 Å². The van der Waals surface area contributed by atoms with Crippen LogP contribution in [0.25, 0.3) is 0 Å². The first-order valence-corrected chi connectivity index (χ1v) is 8.88. The SMILES string of the molecule is CN(CCc1ccccc1)C1CCN(C(=O)c2ccc(N)nc2)CC1. The van der Waals surface area contributed by atoms with Crippen LogP contribution in [0.4, 0.5) is 5.82 Å². The zero-order valence-corrected chi connectivity index (χ0v) is 14.8. The van der Waals surface area contributed by atoms with Gasteiger partial charge >= 0.3 is 0 Å². The minimum absolute atomic E-state index is 0.0536. The Kier molecular flexibility index (Phi) is 5.66. The molecule has 0 radical (unpaired) electrons. The first-order valence-electron chi connectivity index (χ1n) is 8.88. The molecular weight excluding hydrogens is 312 g/mol. The van der Waals surface area contributed by atoms with Gasteiger partial charge in [-0.15, -0.1) is 0 Å². The van der Waals surface area contributed by atoms with Gasteiger partial charge in [0, 0.05) is 31.9 Å². The van der Waals surface area contributed by atoms with Crippen molar-refractivity contribution >= 4 is 11.7 Å². The Balaban J connectivity index is 1.47.